The van der Waals surface area contributed by atoms with Crippen molar-refractivity contribution in [3.8, 4) is 0 Å². The van der Waals surface area contributed by atoms with Crippen LogP contribution in [0.4, 0.5) is 0 Å². The highest BCUT2D eigenvalue weighted by atomic mass is 32.1. The van der Waals surface area contributed by atoms with E-state index in [2.05, 4.69) is 24.1 Å². The molecule has 0 spiro atoms. The molecule has 8 heteroatoms. The van der Waals surface area contributed by atoms with Gasteiger partial charge in [0.2, 0.25) is 0 Å². The molecule has 0 radical (unpaired) electrons. The Morgan fingerprint density at radius 2 is 2.07 bits per heavy atom. The molecule has 2 heterocycles. The Hall–Kier alpha value is -2.22. The summed E-state index contributed by atoms with van der Waals surface area (Å²) >= 11 is 1.46. The van der Waals surface area contributed by atoms with Crippen LogP contribution < -0.4 is 10.9 Å². The molecule has 3 rings (SSSR count). The lowest BCUT2D eigenvalue weighted by Crippen LogP contribution is -2.47. The Morgan fingerprint density at radius 1 is 1.34 bits per heavy atom. The van der Waals surface area contributed by atoms with E-state index in [1.807, 2.05) is 13.8 Å². The number of ether oxygens (including phenoxy) is 1. The lowest BCUT2D eigenvalue weighted by atomic mass is 9.78. The predicted octanol–water partition coefficient (Wildman–Crippen LogP) is 2.95. The van der Waals surface area contributed by atoms with Crippen molar-refractivity contribution in [2.45, 2.75) is 72.6 Å². The quantitative estimate of drug-likeness (QED) is 0.753. The van der Waals surface area contributed by atoms with Crippen molar-refractivity contribution in [2.75, 3.05) is 0 Å². The first-order chi connectivity index (χ1) is 13.7. The average molecular weight is 420 g/mol. The number of hydrogen-bond acceptors (Lipinski definition) is 6. The Morgan fingerprint density at radius 3 is 2.79 bits per heavy atom. The maximum atomic E-state index is 12.7. The minimum atomic E-state index is -0.913. The summed E-state index contributed by atoms with van der Waals surface area (Å²) in [5.74, 6) is 0.0229. The summed E-state index contributed by atoms with van der Waals surface area (Å²) in [5, 5.41) is 3.55. The molecule has 0 bridgehead atoms. The average Bonchev–Trinajstić information content (AvgIpc) is 2.96. The highest BCUT2D eigenvalue weighted by molar-refractivity contribution is 7.18. The number of fused-ring (bicyclic) bond motifs is 1. The number of nitrogens with one attached hydrogen (secondary N) is 1. The fourth-order valence-electron chi connectivity index (χ4n) is 3.90. The van der Waals surface area contributed by atoms with E-state index in [0.29, 0.717) is 22.1 Å². The molecular weight excluding hydrogens is 390 g/mol. The van der Waals surface area contributed by atoms with E-state index in [-0.39, 0.29) is 24.1 Å². The molecule has 0 aromatic carbocycles. The van der Waals surface area contributed by atoms with E-state index in [0.717, 1.165) is 23.3 Å². The van der Waals surface area contributed by atoms with Gasteiger partial charge in [-0.25, -0.2) is 4.98 Å². The molecule has 158 valence electrons. The number of hydrogen-bond donors (Lipinski definition) is 1. The first-order valence-corrected chi connectivity index (χ1v) is 11.0. The lowest BCUT2D eigenvalue weighted by molar-refractivity contribution is -0.155. The van der Waals surface area contributed by atoms with Crippen molar-refractivity contribution in [3.05, 3.63) is 27.1 Å². The van der Waals surface area contributed by atoms with Crippen LogP contribution in [0.1, 0.15) is 50.5 Å². The van der Waals surface area contributed by atoms with Gasteiger partial charge in [0, 0.05) is 10.9 Å². The molecule has 29 heavy (non-hydrogen) atoms. The molecule has 0 unspecified atom stereocenters. The van der Waals surface area contributed by atoms with Crippen molar-refractivity contribution >= 4 is 33.4 Å². The largest absolute Gasteiger partial charge is 0.451 e. The Balaban J connectivity index is 1.62. The maximum Gasteiger partial charge on any atom is 0.326 e. The summed E-state index contributed by atoms with van der Waals surface area (Å²) in [6.45, 7) is 9.44. The molecule has 1 N–H and O–H groups in total. The van der Waals surface area contributed by atoms with Crippen LogP contribution in [0.5, 0.6) is 0 Å². The third kappa shape index (κ3) is 4.52. The SMILES string of the molecule is Cc1sc2ncn(CC(=O)O[C@@H](C)C(=O)N[C@H]3CCC[C@H](C)[C@@H]3C)c(=O)c2c1C. The van der Waals surface area contributed by atoms with E-state index < -0.39 is 12.1 Å². The molecule has 1 aliphatic rings. The summed E-state index contributed by atoms with van der Waals surface area (Å²) < 4.78 is 6.52. The van der Waals surface area contributed by atoms with Crippen molar-refractivity contribution in [3.63, 3.8) is 0 Å². The van der Waals surface area contributed by atoms with E-state index in [1.165, 1.54) is 28.7 Å². The van der Waals surface area contributed by atoms with Gasteiger partial charge in [0.1, 0.15) is 11.4 Å². The molecule has 1 amide bonds. The van der Waals surface area contributed by atoms with Gasteiger partial charge in [-0.15, -0.1) is 11.3 Å². The molecule has 0 aliphatic heterocycles. The van der Waals surface area contributed by atoms with Crippen LogP contribution in [0.3, 0.4) is 0 Å². The standard InChI is InChI=1S/C21H29N3O4S/c1-11-7-6-8-16(12(11)2)23-19(26)14(4)28-17(25)9-24-10-22-20-18(21(24)27)13(3)15(5)29-20/h10-12,14,16H,6-9H2,1-5H3,(H,23,26)/t11-,12-,14-,16-/m0/s1. The van der Waals surface area contributed by atoms with Crippen molar-refractivity contribution in [1.82, 2.24) is 14.9 Å². The van der Waals surface area contributed by atoms with Crippen LogP contribution in [0.2, 0.25) is 0 Å². The molecule has 4 atom stereocenters. The maximum absolute atomic E-state index is 12.7. The molecule has 0 saturated heterocycles. The van der Waals surface area contributed by atoms with E-state index in [1.54, 1.807) is 6.92 Å². The topological polar surface area (TPSA) is 90.3 Å². The van der Waals surface area contributed by atoms with Crippen LogP contribution >= 0.6 is 11.3 Å². The first kappa shape index (κ1) is 21.5. The summed E-state index contributed by atoms with van der Waals surface area (Å²) in [7, 11) is 0. The third-order valence-electron chi connectivity index (χ3n) is 6.17. The van der Waals surface area contributed by atoms with Crippen molar-refractivity contribution in [1.29, 1.82) is 0 Å². The molecule has 1 aliphatic carbocycles. The van der Waals surface area contributed by atoms with Crippen LogP contribution in [0.15, 0.2) is 11.1 Å². The molecule has 1 fully saturated rings. The van der Waals surface area contributed by atoms with Gasteiger partial charge in [-0.1, -0.05) is 26.7 Å². The molecule has 2 aromatic heterocycles. The molecule has 2 aromatic rings. The summed E-state index contributed by atoms with van der Waals surface area (Å²) in [6.07, 6.45) is 3.65. The normalized spacial score (nSPS) is 23.0. The van der Waals surface area contributed by atoms with Crippen molar-refractivity contribution in [2.24, 2.45) is 11.8 Å². The van der Waals surface area contributed by atoms with Gasteiger partial charge in [0.05, 0.1) is 11.7 Å². The van der Waals surface area contributed by atoms with Gasteiger partial charge >= 0.3 is 5.97 Å². The zero-order valence-corrected chi connectivity index (χ0v) is 18.5. The number of carbonyl (C=O) groups excluding carboxylic acids is 2. The fraction of sp³-hybridized carbons (Fsp3) is 0.619. The molecule has 7 nitrogen and oxygen atoms in total. The van der Waals surface area contributed by atoms with E-state index >= 15 is 0 Å². The number of aryl methyl sites for hydroxylation is 2. The van der Waals surface area contributed by atoms with Crippen LogP contribution in [-0.2, 0) is 20.9 Å². The number of carbonyl (C=O) groups is 2. The predicted molar refractivity (Wildman–Crippen MR) is 113 cm³/mol. The number of thiophene rings is 1. The summed E-state index contributed by atoms with van der Waals surface area (Å²) in [5.41, 5.74) is 0.615. The van der Waals surface area contributed by atoms with Gasteiger partial charge in [-0.05, 0) is 44.6 Å². The number of aromatic nitrogens is 2. The second-order valence-electron chi connectivity index (χ2n) is 8.16. The first-order valence-electron chi connectivity index (χ1n) is 10.1. The minimum absolute atomic E-state index is 0.103. The van der Waals surface area contributed by atoms with Gasteiger partial charge in [0.15, 0.2) is 6.10 Å². The van der Waals surface area contributed by atoms with Crippen molar-refractivity contribution < 1.29 is 14.3 Å². The van der Waals surface area contributed by atoms with E-state index in [4.69, 9.17) is 4.74 Å². The second-order valence-corrected chi connectivity index (χ2v) is 9.36. The Kier molecular flexibility index (Phi) is 6.41. The molecule has 1 saturated carbocycles. The lowest BCUT2D eigenvalue weighted by Gasteiger charge is -2.35. The highest BCUT2D eigenvalue weighted by Gasteiger charge is 2.30. The van der Waals surface area contributed by atoms with Gasteiger partial charge in [-0.2, -0.15) is 0 Å². The summed E-state index contributed by atoms with van der Waals surface area (Å²) in [4.78, 5) is 43.5. The highest BCUT2D eigenvalue weighted by Crippen LogP contribution is 2.29. The van der Waals surface area contributed by atoms with Gasteiger partial charge < -0.3 is 10.1 Å². The fourth-order valence-corrected chi connectivity index (χ4v) is 4.88. The molecular formula is C21H29N3O4S. The van der Waals surface area contributed by atoms with E-state index in [9.17, 15) is 14.4 Å². The number of nitrogens with zero attached hydrogens (tertiary/aromatic N) is 2. The van der Waals surface area contributed by atoms with Crippen LogP contribution in [-0.4, -0.2) is 33.6 Å². The minimum Gasteiger partial charge on any atom is -0.451 e. The monoisotopic (exact) mass is 419 g/mol. The zero-order chi connectivity index (χ0) is 21.3. The number of rotatable bonds is 5. The Labute approximate surface area is 174 Å². The second kappa shape index (κ2) is 8.65. The van der Waals surface area contributed by atoms with Gasteiger partial charge in [0.25, 0.3) is 11.5 Å². The zero-order valence-electron chi connectivity index (χ0n) is 17.7. The van der Waals surface area contributed by atoms with Gasteiger partial charge in [-0.3, -0.25) is 19.0 Å². The third-order valence-corrected chi connectivity index (χ3v) is 7.28. The smallest absolute Gasteiger partial charge is 0.326 e. The number of esters is 1. The van der Waals surface area contributed by atoms with Crippen LogP contribution in [0.25, 0.3) is 10.2 Å². The Bertz CT molecular complexity index is 980. The summed E-state index contributed by atoms with van der Waals surface area (Å²) in [6, 6.07) is 0.103. The number of amides is 1. The van der Waals surface area contributed by atoms with Crippen LogP contribution in [0, 0.1) is 25.7 Å².